The minimum absolute atomic E-state index is 0.240. The van der Waals surface area contributed by atoms with Crippen molar-refractivity contribution < 1.29 is 17.9 Å². The van der Waals surface area contributed by atoms with Gasteiger partial charge in [-0.15, -0.1) is 0 Å². The molecule has 0 saturated carbocycles. The number of hydrogen-bond donors (Lipinski definition) is 0. The maximum atomic E-state index is 13.0. The fourth-order valence-electron chi connectivity index (χ4n) is 3.02. The Bertz CT molecular complexity index is 785. The van der Waals surface area contributed by atoms with Crippen molar-refractivity contribution in [2.75, 3.05) is 6.54 Å². The lowest BCUT2D eigenvalue weighted by Gasteiger charge is -2.32. The molecule has 23 heavy (non-hydrogen) atoms. The summed E-state index contributed by atoms with van der Waals surface area (Å²) in [6.07, 6.45) is -0.126. The highest BCUT2D eigenvalue weighted by molar-refractivity contribution is 7.89. The molecule has 0 N–H and O–H groups in total. The maximum Gasteiger partial charge on any atom is 0.336 e. The minimum Gasteiger partial charge on any atom is -0.452 e. The zero-order valence-corrected chi connectivity index (χ0v) is 14.6. The number of carbonyl (C=O) groups excluding carboxylic acids is 1. The van der Waals surface area contributed by atoms with Crippen LogP contribution in [-0.2, 0) is 19.6 Å². The van der Waals surface area contributed by atoms with Gasteiger partial charge >= 0.3 is 5.97 Å². The van der Waals surface area contributed by atoms with Crippen LogP contribution in [0.5, 0.6) is 0 Å². The zero-order valence-electron chi connectivity index (χ0n) is 13.8. The molecule has 3 rings (SSSR count). The number of sulfonamides is 1. The summed E-state index contributed by atoms with van der Waals surface area (Å²) in [4.78, 5) is 12.3. The van der Waals surface area contributed by atoms with Crippen molar-refractivity contribution in [1.29, 1.82) is 0 Å². The zero-order chi connectivity index (χ0) is 17.0. The molecule has 0 spiro atoms. The number of hydrogen-bond acceptors (Lipinski definition) is 4. The molecule has 1 atom stereocenters. The third-order valence-corrected chi connectivity index (χ3v) is 6.09. The molecular formula is C17H21NO4S. The first-order valence-corrected chi connectivity index (χ1v) is 9.10. The smallest absolute Gasteiger partial charge is 0.336 e. The van der Waals surface area contributed by atoms with Crippen LogP contribution in [0, 0.1) is 12.3 Å². The van der Waals surface area contributed by atoms with Crippen molar-refractivity contribution in [3.63, 3.8) is 0 Å². The van der Waals surface area contributed by atoms with Gasteiger partial charge in [-0.2, -0.15) is 0 Å². The van der Waals surface area contributed by atoms with E-state index in [0.29, 0.717) is 24.2 Å². The van der Waals surface area contributed by atoms with Gasteiger partial charge in [0, 0.05) is 18.4 Å². The summed E-state index contributed by atoms with van der Waals surface area (Å²) < 4.78 is 32.8. The Morgan fingerprint density at radius 3 is 2.35 bits per heavy atom. The number of carbonyl (C=O) groups is 1. The first kappa shape index (κ1) is 16.1. The van der Waals surface area contributed by atoms with Gasteiger partial charge in [0.1, 0.15) is 6.10 Å². The summed E-state index contributed by atoms with van der Waals surface area (Å²) in [5.74, 6) is -0.387. The number of nitrogens with zero attached hydrogens (tertiary/aromatic N) is 1. The standard InChI is InChI=1S/C17H21NO4S/c1-11-5-7-12(8-6-11)23(20,21)18-10-9-13-14(18)15(17(2,3)4)22-16(13)19/h5-8,15H,9-10H2,1-4H3. The van der Waals surface area contributed by atoms with Crippen LogP contribution in [0.3, 0.4) is 0 Å². The summed E-state index contributed by atoms with van der Waals surface area (Å²) in [6, 6.07) is 6.76. The van der Waals surface area contributed by atoms with E-state index in [9.17, 15) is 13.2 Å². The summed E-state index contributed by atoms with van der Waals surface area (Å²) in [6.45, 7) is 8.02. The van der Waals surface area contributed by atoms with Crippen LogP contribution in [0.1, 0.15) is 32.8 Å². The van der Waals surface area contributed by atoms with Crippen molar-refractivity contribution in [3.8, 4) is 0 Å². The topological polar surface area (TPSA) is 63.7 Å². The molecule has 5 nitrogen and oxygen atoms in total. The molecule has 0 amide bonds. The number of ether oxygens (including phenoxy) is 1. The molecule has 0 fully saturated rings. The second kappa shape index (κ2) is 5.09. The molecule has 0 radical (unpaired) electrons. The molecule has 1 aromatic carbocycles. The summed E-state index contributed by atoms with van der Waals surface area (Å²) in [5, 5.41) is 0. The Hall–Kier alpha value is -1.82. The van der Waals surface area contributed by atoms with Gasteiger partial charge in [-0.25, -0.2) is 13.2 Å². The molecule has 0 saturated heterocycles. The number of cyclic esters (lactones) is 1. The van der Waals surface area contributed by atoms with Crippen molar-refractivity contribution in [1.82, 2.24) is 4.31 Å². The quantitative estimate of drug-likeness (QED) is 0.780. The summed E-state index contributed by atoms with van der Waals surface area (Å²) >= 11 is 0. The van der Waals surface area contributed by atoms with Crippen LogP contribution in [0.15, 0.2) is 40.4 Å². The van der Waals surface area contributed by atoms with Crippen molar-refractivity contribution in [3.05, 3.63) is 41.1 Å². The lowest BCUT2D eigenvalue weighted by Crippen LogP contribution is -2.38. The Labute approximate surface area is 137 Å². The van der Waals surface area contributed by atoms with Gasteiger partial charge in [-0.1, -0.05) is 38.5 Å². The van der Waals surface area contributed by atoms with Gasteiger partial charge in [0.25, 0.3) is 10.0 Å². The van der Waals surface area contributed by atoms with Crippen LogP contribution < -0.4 is 0 Å². The van der Waals surface area contributed by atoms with Gasteiger partial charge in [0.15, 0.2) is 0 Å². The first-order chi connectivity index (χ1) is 10.6. The molecular weight excluding hydrogens is 314 g/mol. The molecule has 124 valence electrons. The monoisotopic (exact) mass is 335 g/mol. The predicted molar refractivity (Wildman–Crippen MR) is 86.0 cm³/mol. The Morgan fingerprint density at radius 2 is 1.78 bits per heavy atom. The summed E-state index contributed by atoms with van der Waals surface area (Å²) in [7, 11) is -3.68. The van der Waals surface area contributed by atoms with Crippen LogP contribution in [0.4, 0.5) is 0 Å². The molecule has 2 aliphatic heterocycles. The van der Waals surface area contributed by atoms with Gasteiger partial charge in [0.05, 0.1) is 16.2 Å². The van der Waals surface area contributed by atoms with Crippen LogP contribution in [0.25, 0.3) is 0 Å². The molecule has 2 aliphatic rings. The van der Waals surface area contributed by atoms with E-state index >= 15 is 0 Å². The minimum atomic E-state index is -3.68. The van der Waals surface area contributed by atoms with Crippen LogP contribution in [0.2, 0.25) is 0 Å². The third-order valence-electron chi connectivity index (χ3n) is 4.26. The largest absolute Gasteiger partial charge is 0.452 e. The SMILES string of the molecule is Cc1ccc(S(=O)(=O)N2CCC3=C2C(C(C)(C)C)OC3=O)cc1. The molecule has 0 aliphatic carbocycles. The molecule has 1 unspecified atom stereocenters. The van der Waals surface area contributed by atoms with Gasteiger partial charge in [0.2, 0.25) is 0 Å². The second-order valence-electron chi connectivity index (χ2n) is 7.16. The summed E-state index contributed by atoms with van der Waals surface area (Å²) in [5.41, 5.74) is 1.65. The Balaban J connectivity index is 2.05. The normalized spacial score (nSPS) is 21.7. The van der Waals surface area contributed by atoms with Crippen molar-refractivity contribution in [2.45, 2.75) is 45.1 Å². The lowest BCUT2D eigenvalue weighted by molar-refractivity contribution is -0.144. The number of benzene rings is 1. The average molecular weight is 335 g/mol. The van der Waals surface area contributed by atoms with Crippen molar-refractivity contribution in [2.24, 2.45) is 5.41 Å². The van der Waals surface area contributed by atoms with Gasteiger partial charge in [-0.05, 0) is 19.1 Å². The van der Waals surface area contributed by atoms with E-state index in [1.807, 2.05) is 27.7 Å². The number of esters is 1. The molecule has 1 aromatic rings. The van der Waals surface area contributed by atoms with Gasteiger partial charge < -0.3 is 4.74 Å². The molecule has 6 heteroatoms. The van der Waals surface area contributed by atoms with E-state index in [1.165, 1.54) is 4.31 Å². The van der Waals surface area contributed by atoms with E-state index in [0.717, 1.165) is 5.56 Å². The highest BCUT2D eigenvalue weighted by Gasteiger charge is 2.49. The van der Waals surface area contributed by atoms with Crippen LogP contribution in [-0.4, -0.2) is 31.3 Å². The van der Waals surface area contributed by atoms with E-state index in [1.54, 1.807) is 24.3 Å². The first-order valence-electron chi connectivity index (χ1n) is 7.66. The van der Waals surface area contributed by atoms with Gasteiger partial charge in [-0.3, -0.25) is 4.31 Å². The number of aryl methyl sites for hydroxylation is 1. The molecule has 2 heterocycles. The van der Waals surface area contributed by atoms with E-state index < -0.39 is 16.1 Å². The van der Waals surface area contributed by atoms with E-state index in [-0.39, 0.29) is 16.3 Å². The Morgan fingerprint density at radius 1 is 1.17 bits per heavy atom. The van der Waals surface area contributed by atoms with Crippen molar-refractivity contribution >= 4 is 16.0 Å². The third kappa shape index (κ3) is 2.55. The second-order valence-corrected chi connectivity index (χ2v) is 9.02. The Kier molecular flexibility index (Phi) is 3.55. The predicted octanol–water partition coefficient (Wildman–Crippen LogP) is 2.62. The average Bonchev–Trinajstić information content (AvgIpc) is 3.00. The highest BCUT2D eigenvalue weighted by Crippen LogP contribution is 2.43. The molecule has 0 bridgehead atoms. The van der Waals surface area contributed by atoms with E-state index in [4.69, 9.17) is 4.74 Å². The fourth-order valence-corrected chi connectivity index (χ4v) is 4.55. The number of rotatable bonds is 2. The molecule has 0 aromatic heterocycles. The highest BCUT2D eigenvalue weighted by atomic mass is 32.2. The maximum absolute atomic E-state index is 13.0. The van der Waals surface area contributed by atoms with Crippen LogP contribution >= 0.6 is 0 Å². The fraction of sp³-hybridized carbons (Fsp3) is 0.471. The lowest BCUT2D eigenvalue weighted by atomic mass is 9.87. The van der Waals surface area contributed by atoms with E-state index in [2.05, 4.69) is 0 Å².